The van der Waals surface area contributed by atoms with E-state index >= 15 is 0 Å². The van der Waals surface area contributed by atoms with Crippen molar-refractivity contribution in [1.82, 2.24) is 0 Å². The second kappa shape index (κ2) is 8.67. The van der Waals surface area contributed by atoms with Gasteiger partial charge in [-0.1, -0.05) is 31.5 Å². The van der Waals surface area contributed by atoms with Crippen molar-refractivity contribution in [2.24, 2.45) is 0 Å². The van der Waals surface area contributed by atoms with Crippen LogP contribution in [0.1, 0.15) is 25.3 Å². The molecule has 0 unspecified atom stereocenters. The third-order valence-corrected chi connectivity index (χ3v) is 3.57. The van der Waals surface area contributed by atoms with Gasteiger partial charge in [-0.2, -0.15) is 0 Å². The lowest BCUT2D eigenvalue weighted by Crippen LogP contribution is -2.21. The van der Waals surface area contributed by atoms with E-state index < -0.39 is 4.92 Å². The first-order chi connectivity index (χ1) is 11.6. The van der Waals surface area contributed by atoms with Gasteiger partial charge in [-0.05, 0) is 36.6 Å². The molecule has 2 aromatic rings. The molecule has 126 valence electrons. The van der Waals surface area contributed by atoms with Gasteiger partial charge < -0.3 is 10.6 Å². The van der Waals surface area contributed by atoms with Gasteiger partial charge in [0.05, 0.1) is 11.5 Å². The summed E-state index contributed by atoms with van der Waals surface area (Å²) in [5.74, 6) is -0.206. The Morgan fingerprint density at radius 1 is 1.12 bits per heavy atom. The summed E-state index contributed by atoms with van der Waals surface area (Å²) in [6.07, 6.45) is 3.35. The van der Waals surface area contributed by atoms with Gasteiger partial charge in [0.25, 0.3) is 5.69 Å². The fraction of sp³-hybridized carbons (Fsp3) is 0.278. The minimum atomic E-state index is -0.467. The van der Waals surface area contributed by atoms with E-state index in [4.69, 9.17) is 0 Å². The van der Waals surface area contributed by atoms with Crippen LogP contribution in [0.4, 0.5) is 17.1 Å². The first-order valence-electron chi connectivity index (χ1n) is 7.95. The van der Waals surface area contributed by atoms with Crippen molar-refractivity contribution in [3.05, 3.63) is 64.2 Å². The molecule has 0 aliphatic rings. The Bertz CT molecular complexity index is 699. The molecular formula is C18H21N3O3. The van der Waals surface area contributed by atoms with Crippen LogP contribution in [0.5, 0.6) is 0 Å². The molecule has 0 aromatic heterocycles. The number of hydrogen-bond acceptors (Lipinski definition) is 4. The smallest absolute Gasteiger partial charge is 0.271 e. The number of rotatable bonds is 8. The monoisotopic (exact) mass is 327 g/mol. The van der Waals surface area contributed by atoms with Gasteiger partial charge in [0.15, 0.2) is 0 Å². The third kappa shape index (κ3) is 5.39. The zero-order chi connectivity index (χ0) is 17.4. The standard InChI is InChI=1S/C18H21N3O3/c1-2-3-5-14-8-10-15(11-9-14)20-18(22)13-19-16-6-4-7-17(12-16)21(23)24/h4,6-12,19H,2-3,5,13H2,1H3,(H,20,22). The van der Waals surface area contributed by atoms with Crippen molar-refractivity contribution in [1.29, 1.82) is 0 Å². The second-order valence-corrected chi connectivity index (χ2v) is 5.51. The molecule has 6 nitrogen and oxygen atoms in total. The molecule has 2 N–H and O–H groups in total. The number of nitro groups is 1. The molecular weight excluding hydrogens is 306 g/mol. The van der Waals surface area contributed by atoms with Crippen molar-refractivity contribution in [2.45, 2.75) is 26.2 Å². The summed E-state index contributed by atoms with van der Waals surface area (Å²) in [5, 5.41) is 16.4. The lowest BCUT2D eigenvalue weighted by molar-refractivity contribution is -0.384. The molecule has 0 aliphatic carbocycles. The van der Waals surface area contributed by atoms with E-state index in [1.165, 1.54) is 17.7 Å². The SMILES string of the molecule is CCCCc1ccc(NC(=O)CNc2cccc([N+](=O)[O-])c2)cc1. The summed E-state index contributed by atoms with van der Waals surface area (Å²) in [5.41, 5.74) is 2.52. The molecule has 24 heavy (non-hydrogen) atoms. The minimum absolute atomic E-state index is 0.0110. The number of nitro benzene ring substituents is 1. The molecule has 2 rings (SSSR count). The molecule has 0 saturated heterocycles. The summed E-state index contributed by atoms with van der Waals surface area (Å²) >= 11 is 0. The average Bonchev–Trinajstić information content (AvgIpc) is 2.59. The molecule has 1 amide bonds. The molecule has 0 aliphatic heterocycles. The Morgan fingerprint density at radius 3 is 2.54 bits per heavy atom. The maximum Gasteiger partial charge on any atom is 0.271 e. The Morgan fingerprint density at radius 2 is 1.88 bits per heavy atom. The lowest BCUT2D eigenvalue weighted by Gasteiger charge is -2.08. The van der Waals surface area contributed by atoms with E-state index in [2.05, 4.69) is 17.6 Å². The van der Waals surface area contributed by atoms with Gasteiger partial charge >= 0.3 is 0 Å². The van der Waals surface area contributed by atoms with Gasteiger partial charge in [0, 0.05) is 23.5 Å². The Kier molecular flexibility index (Phi) is 6.31. The van der Waals surface area contributed by atoms with Crippen LogP contribution in [0, 0.1) is 10.1 Å². The number of benzene rings is 2. The van der Waals surface area contributed by atoms with Crippen LogP contribution in [0.15, 0.2) is 48.5 Å². The number of non-ortho nitro benzene ring substituents is 1. The molecule has 0 heterocycles. The summed E-state index contributed by atoms with van der Waals surface area (Å²) in [6, 6.07) is 13.9. The van der Waals surface area contributed by atoms with Gasteiger partial charge in [-0.15, -0.1) is 0 Å². The highest BCUT2D eigenvalue weighted by molar-refractivity contribution is 5.93. The fourth-order valence-electron chi connectivity index (χ4n) is 2.25. The zero-order valence-corrected chi connectivity index (χ0v) is 13.6. The molecule has 2 aromatic carbocycles. The number of nitrogens with one attached hydrogen (secondary N) is 2. The predicted molar refractivity (Wildman–Crippen MR) is 95.3 cm³/mol. The normalized spacial score (nSPS) is 10.2. The molecule has 0 spiro atoms. The number of carbonyl (C=O) groups excluding carboxylic acids is 1. The summed E-state index contributed by atoms with van der Waals surface area (Å²) in [7, 11) is 0. The van der Waals surface area contributed by atoms with Crippen LogP contribution >= 0.6 is 0 Å². The Labute approximate surface area is 141 Å². The number of hydrogen-bond donors (Lipinski definition) is 2. The van der Waals surface area contributed by atoms with Crippen molar-refractivity contribution in [2.75, 3.05) is 17.2 Å². The number of nitrogens with zero attached hydrogens (tertiary/aromatic N) is 1. The zero-order valence-electron chi connectivity index (χ0n) is 13.6. The lowest BCUT2D eigenvalue weighted by atomic mass is 10.1. The number of anilines is 2. The minimum Gasteiger partial charge on any atom is -0.376 e. The number of carbonyl (C=O) groups is 1. The van der Waals surface area contributed by atoms with Gasteiger partial charge in [0.1, 0.15) is 0 Å². The van der Waals surface area contributed by atoms with Crippen molar-refractivity contribution in [3.8, 4) is 0 Å². The van der Waals surface area contributed by atoms with Gasteiger partial charge in [0.2, 0.25) is 5.91 Å². The highest BCUT2D eigenvalue weighted by atomic mass is 16.6. The van der Waals surface area contributed by atoms with Crippen LogP contribution in [-0.4, -0.2) is 17.4 Å². The van der Waals surface area contributed by atoms with Crippen LogP contribution in [-0.2, 0) is 11.2 Å². The van der Waals surface area contributed by atoms with Gasteiger partial charge in [-0.25, -0.2) is 0 Å². The number of aryl methyl sites for hydroxylation is 1. The highest BCUT2D eigenvalue weighted by Gasteiger charge is 2.07. The topological polar surface area (TPSA) is 84.3 Å². The van der Waals surface area contributed by atoms with Crippen molar-refractivity contribution in [3.63, 3.8) is 0 Å². The first-order valence-corrected chi connectivity index (χ1v) is 7.95. The second-order valence-electron chi connectivity index (χ2n) is 5.51. The summed E-state index contributed by atoms with van der Waals surface area (Å²) in [6.45, 7) is 2.20. The van der Waals surface area contributed by atoms with Gasteiger partial charge in [-0.3, -0.25) is 14.9 Å². The number of amides is 1. The van der Waals surface area contributed by atoms with Crippen LogP contribution in [0.2, 0.25) is 0 Å². The number of unbranched alkanes of at least 4 members (excludes halogenated alkanes) is 1. The van der Waals surface area contributed by atoms with E-state index in [1.54, 1.807) is 12.1 Å². The largest absolute Gasteiger partial charge is 0.376 e. The molecule has 0 atom stereocenters. The van der Waals surface area contributed by atoms with E-state index in [0.717, 1.165) is 24.9 Å². The Hall–Kier alpha value is -2.89. The van der Waals surface area contributed by atoms with Crippen molar-refractivity contribution >= 4 is 23.0 Å². The van der Waals surface area contributed by atoms with Crippen LogP contribution in [0.3, 0.4) is 0 Å². The molecule has 0 saturated carbocycles. The highest BCUT2D eigenvalue weighted by Crippen LogP contribution is 2.17. The molecule has 0 fully saturated rings. The maximum atomic E-state index is 12.0. The van der Waals surface area contributed by atoms with E-state index in [0.29, 0.717) is 5.69 Å². The summed E-state index contributed by atoms with van der Waals surface area (Å²) in [4.78, 5) is 22.2. The predicted octanol–water partition coefficient (Wildman–Crippen LogP) is 3.99. The van der Waals surface area contributed by atoms with Crippen LogP contribution in [0.25, 0.3) is 0 Å². The van der Waals surface area contributed by atoms with Crippen LogP contribution < -0.4 is 10.6 Å². The molecule has 0 radical (unpaired) electrons. The first kappa shape index (κ1) is 17.5. The van der Waals surface area contributed by atoms with E-state index in [1.807, 2.05) is 24.3 Å². The average molecular weight is 327 g/mol. The van der Waals surface area contributed by atoms with Crippen molar-refractivity contribution < 1.29 is 9.72 Å². The molecule has 0 bridgehead atoms. The third-order valence-electron chi connectivity index (χ3n) is 3.57. The van der Waals surface area contributed by atoms with E-state index in [9.17, 15) is 14.9 Å². The Balaban J connectivity index is 1.84. The summed E-state index contributed by atoms with van der Waals surface area (Å²) < 4.78 is 0. The molecule has 6 heteroatoms. The quantitative estimate of drug-likeness (QED) is 0.567. The van der Waals surface area contributed by atoms with E-state index in [-0.39, 0.29) is 18.1 Å². The fourth-order valence-corrected chi connectivity index (χ4v) is 2.25. The maximum absolute atomic E-state index is 12.0.